The average Bonchev–Trinajstić information content (AvgIpc) is 2.92. The van der Waals surface area contributed by atoms with Crippen LogP contribution < -0.4 is 15.6 Å². The van der Waals surface area contributed by atoms with Crippen LogP contribution in [-0.2, 0) is 16.1 Å². The van der Waals surface area contributed by atoms with E-state index in [1.165, 1.54) is 0 Å². The molecule has 0 aliphatic carbocycles. The van der Waals surface area contributed by atoms with E-state index in [2.05, 4.69) is 19.6 Å². The molecule has 9 nitrogen and oxygen atoms in total. The third-order valence-corrected chi connectivity index (χ3v) is 7.25. The number of para-hydroxylation sites is 1. The molecule has 4 rings (SSSR count). The van der Waals surface area contributed by atoms with Gasteiger partial charge in [0, 0.05) is 18.8 Å². The fraction of sp³-hybridized carbons (Fsp3) is 0.407. The summed E-state index contributed by atoms with van der Waals surface area (Å²) in [6.07, 6.45) is 3.82. The zero-order valence-electron chi connectivity index (χ0n) is 20.9. The smallest absolute Gasteiger partial charge is 0.324 e. The Balaban J connectivity index is 1.22. The van der Waals surface area contributed by atoms with Gasteiger partial charge < -0.3 is 19.8 Å². The lowest BCUT2D eigenvalue weighted by Gasteiger charge is -2.32. The molecule has 0 bridgehead atoms. The van der Waals surface area contributed by atoms with E-state index in [-0.39, 0.29) is 29.9 Å². The number of carbonyl (C=O) groups excluding carboxylic acids is 2. The fourth-order valence-electron chi connectivity index (χ4n) is 4.17. The maximum Gasteiger partial charge on any atom is 0.324 e. The van der Waals surface area contributed by atoms with Crippen LogP contribution in [0.2, 0.25) is 0 Å². The zero-order chi connectivity index (χ0) is 26.0. The number of H-pyrrole nitrogens is 1. The largest absolute Gasteiger partial charge is 0.494 e. The first-order valence-corrected chi connectivity index (χ1v) is 13.5. The van der Waals surface area contributed by atoms with Crippen molar-refractivity contribution in [1.29, 1.82) is 0 Å². The molecule has 1 aliphatic rings. The van der Waals surface area contributed by atoms with Crippen LogP contribution in [0.4, 0.5) is 0 Å². The molecule has 1 atom stereocenters. The quantitative estimate of drug-likeness (QED) is 0.222. The van der Waals surface area contributed by atoms with Gasteiger partial charge in [-0.3, -0.25) is 14.4 Å². The summed E-state index contributed by atoms with van der Waals surface area (Å²) in [6.45, 7) is 3.95. The third-order valence-electron chi connectivity index (χ3n) is 6.01. The number of piperidine rings is 1. The molecule has 2 heterocycles. The molecule has 1 fully saturated rings. The molecule has 2 aromatic carbocycles. The molecule has 1 aliphatic heterocycles. The highest BCUT2D eigenvalue weighted by Crippen LogP contribution is 2.26. The van der Waals surface area contributed by atoms with Crippen LogP contribution in [0.5, 0.6) is 5.75 Å². The lowest BCUT2D eigenvalue weighted by atomic mass is 10.1. The molecule has 0 radical (unpaired) electrons. The molecule has 3 aromatic rings. The highest BCUT2D eigenvalue weighted by atomic mass is 32.2. The standard InChI is InChI=1S/C27H32N4O5S/c1-2-35-27(34)23-13-5-6-14-31(23)37-16-8-15-36-20-10-7-9-19(17-20)18-28-26(33)24-29-22-12-4-3-11-21(22)25(32)30-24/h3-4,7,9-12,17,23H,2,5-6,8,13-16,18H2,1H3,(H,28,33)(H,29,30,32). The lowest BCUT2D eigenvalue weighted by Crippen LogP contribution is -2.41. The number of nitrogens with one attached hydrogen (secondary N) is 2. The maximum absolute atomic E-state index is 12.6. The van der Waals surface area contributed by atoms with Crippen LogP contribution >= 0.6 is 11.9 Å². The third kappa shape index (κ3) is 7.33. The highest BCUT2D eigenvalue weighted by Gasteiger charge is 2.30. The minimum absolute atomic E-state index is 0.0208. The van der Waals surface area contributed by atoms with Crippen LogP contribution in [-0.4, -0.2) is 57.7 Å². The van der Waals surface area contributed by atoms with E-state index in [9.17, 15) is 14.4 Å². The summed E-state index contributed by atoms with van der Waals surface area (Å²) < 4.78 is 13.3. The number of aromatic amines is 1. The van der Waals surface area contributed by atoms with E-state index in [4.69, 9.17) is 9.47 Å². The predicted molar refractivity (Wildman–Crippen MR) is 144 cm³/mol. The molecule has 0 saturated carbocycles. The number of ether oxygens (including phenoxy) is 2. The molecular formula is C27H32N4O5S. The van der Waals surface area contributed by atoms with Gasteiger partial charge in [0.25, 0.3) is 11.5 Å². The maximum atomic E-state index is 12.6. The minimum Gasteiger partial charge on any atom is -0.494 e. The number of benzene rings is 2. The molecule has 37 heavy (non-hydrogen) atoms. The van der Waals surface area contributed by atoms with Gasteiger partial charge >= 0.3 is 5.97 Å². The van der Waals surface area contributed by atoms with E-state index < -0.39 is 5.91 Å². The van der Waals surface area contributed by atoms with Gasteiger partial charge in [0.05, 0.1) is 24.1 Å². The molecule has 10 heteroatoms. The van der Waals surface area contributed by atoms with Gasteiger partial charge in [0.2, 0.25) is 0 Å². The first-order valence-electron chi connectivity index (χ1n) is 12.6. The van der Waals surface area contributed by atoms with Crippen LogP contribution in [0, 0.1) is 0 Å². The SMILES string of the molecule is CCOC(=O)C1CCCCN1SCCCOc1cccc(CNC(=O)c2nc3ccccc3c(=O)[nH]2)c1. The van der Waals surface area contributed by atoms with Crippen LogP contribution in [0.1, 0.15) is 48.8 Å². The van der Waals surface area contributed by atoms with Crippen LogP contribution in [0.15, 0.2) is 53.3 Å². The topological polar surface area (TPSA) is 114 Å². The Hall–Kier alpha value is -3.37. The number of fused-ring (bicyclic) bond motifs is 1. The van der Waals surface area contributed by atoms with Gasteiger partial charge in [-0.15, -0.1) is 0 Å². The number of nitrogens with zero attached hydrogens (tertiary/aromatic N) is 2. The molecule has 196 valence electrons. The van der Waals surface area contributed by atoms with Crippen molar-refractivity contribution in [2.75, 3.05) is 25.5 Å². The van der Waals surface area contributed by atoms with E-state index in [0.717, 1.165) is 49.3 Å². The minimum atomic E-state index is -0.454. The van der Waals surface area contributed by atoms with E-state index in [1.807, 2.05) is 31.2 Å². The van der Waals surface area contributed by atoms with Crippen molar-refractivity contribution >= 4 is 34.7 Å². The summed E-state index contributed by atoms with van der Waals surface area (Å²) in [7, 11) is 0. The van der Waals surface area contributed by atoms with Gasteiger partial charge in [-0.25, -0.2) is 9.29 Å². The van der Waals surface area contributed by atoms with E-state index in [0.29, 0.717) is 24.1 Å². The number of carbonyl (C=O) groups is 2. The summed E-state index contributed by atoms with van der Waals surface area (Å²) in [6, 6.07) is 14.3. The second-order valence-corrected chi connectivity index (χ2v) is 9.84. The Morgan fingerprint density at radius 2 is 2.05 bits per heavy atom. The van der Waals surface area contributed by atoms with Crippen molar-refractivity contribution in [3.05, 3.63) is 70.3 Å². The van der Waals surface area contributed by atoms with Crippen molar-refractivity contribution in [2.24, 2.45) is 0 Å². The summed E-state index contributed by atoms with van der Waals surface area (Å²) in [5.74, 6) is 0.967. The molecule has 1 unspecified atom stereocenters. The number of hydrogen-bond acceptors (Lipinski definition) is 8. The molecular weight excluding hydrogens is 492 g/mol. The molecule has 1 aromatic heterocycles. The van der Waals surface area contributed by atoms with E-state index in [1.54, 1.807) is 36.2 Å². The number of rotatable bonds is 11. The number of hydrogen-bond donors (Lipinski definition) is 2. The highest BCUT2D eigenvalue weighted by molar-refractivity contribution is 7.97. The van der Waals surface area contributed by atoms with Crippen molar-refractivity contribution in [3.8, 4) is 5.75 Å². The lowest BCUT2D eigenvalue weighted by molar-refractivity contribution is -0.148. The van der Waals surface area contributed by atoms with Gasteiger partial charge in [-0.2, -0.15) is 0 Å². The summed E-state index contributed by atoms with van der Waals surface area (Å²) in [4.78, 5) is 43.8. The Kier molecular flexibility index (Phi) is 9.56. The normalized spacial score (nSPS) is 15.9. The van der Waals surface area contributed by atoms with Gasteiger partial charge in [-0.05, 0) is 62.4 Å². The molecule has 0 spiro atoms. The first kappa shape index (κ1) is 26.7. The Labute approximate surface area is 220 Å². The van der Waals surface area contributed by atoms with Crippen molar-refractivity contribution < 1.29 is 19.1 Å². The van der Waals surface area contributed by atoms with Crippen LogP contribution in [0.25, 0.3) is 10.9 Å². The van der Waals surface area contributed by atoms with Crippen LogP contribution in [0.3, 0.4) is 0 Å². The zero-order valence-corrected chi connectivity index (χ0v) is 21.7. The number of amides is 1. The van der Waals surface area contributed by atoms with Gasteiger partial charge in [0.15, 0.2) is 5.82 Å². The Bertz CT molecular complexity index is 1280. The summed E-state index contributed by atoms with van der Waals surface area (Å²) in [5.41, 5.74) is 0.997. The predicted octanol–water partition coefficient (Wildman–Crippen LogP) is 3.69. The fourth-order valence-corrected chi connectivity index (χ4v) is 5.28. The Morgan fingerprint density at radius 3 is 2.92 bits per heavy atom. The van der Waals surface area contributed by atoms with Crippen molar-refractivity contribution in [2.45, 2.75) is 45.2 Å². The van der Waals surface area contributed by atoms with Gasteiger partial charge in [0.1, 0.15) is 11.8 Å². The second kappa shape index (κ2) is 13.3. The summed E-state index contributed by atoms with van der Waals surface area (Å²) in [5, 5.41) is 3.24. The first-order chi connectivity index (χ1) is 18.0. The monoisotopic (exact) mass is 524 g/mol. The average molecular weight is 525 g/mol. The second-order valence-electron chi connectivity index (χ2n) is 8.70. The molecule has 1 amide bonds. The van der Waals surface area contributed by atoms with Crippen molar-refractivity contribution in [3.63, 3.8) is 0 Å². The van der Waals surface area contributed by atoms with E-state index >= 15 is 0 Å². The number of aromatic nitrogens is 2. The van der Waals surface area contributed by atoms with Crippen molar-refractivity contribution in [1.82, 2.24) is 19.6 Å². The molecule has 1 saturated heterocycles. The molecule has 2 N–H and O–H groups in total. The Morgan fingerprint density at radius 1 is 1.19 bits per heavy atom. The summed E-state index contributed by atoms with van der Waals surface area (Å²) >= 11 is 1.68. The number of esters is 1. The van der Waals surface area contributed by atoms with Gasteiger partial charge in [-0.1, -0.05) is 36.2 Å².